The molecule has 3 aliphatic rings. The van der Waals surface area contributed by atoms with Crippen molar-refractivity contribution in [3.05, 3.63) is 23.8 Å². The van der Waals surface area contributed by atoms with Gasteiger partial charge in [-0.1, -0.05) is 6.42 Å². The van der Waals surface area contributed by atoms with Gasteiger partial charge in [-0.3, -0.25) is 9.80 Å². The van der Waals surface area contributed by atoms with Crippen LogP contribution in [0.3, 0.4) is 0 Å². The molecule has 0 spiro atoms. The van der Waals surface area contributed by atoms with Gasteiger partial charge in [0.05, 0.1) is 27.4 Å². The lowest BCUT2D eigenvalue weighted by atomic mass is 9.72. The second kappa shape index (κ2) is 8.15. The highest BCUT2D eigenvalue weighted by Gasteiger charge is 2.42. The molecule has 0 amide bonds. The summed E-state index contributed by atoms with van der Waals surface area (Å²) in [7, 11) is 3.44. The van der Waals surface area contributed by atoms with Crippen LogP contribution in [0.2, 0.25) is 0 Å². The highest BCUT2D eigenvalue weighted by atomic mass is 16.5. The van der Waals surface area contributed by atoms with Gasteiger partial charge in [0.15, 0.2) is 0 Å². The molecule has 1 aliphatic carbocycles. The summed E-state index contributed by atoms with van der Waals surface area (Å²) in [4.78, 5) is 5.38. The van der Waals surface area contributed by atoms with E-state index in [1.54, 1.807) is 14.2 Å². The van der Waals surface area contributed by atoms with Crippen molar-refractivity contribution in [3.63, 3.8) is 0 Å². The van der Waals surface area contributed by atoms with Crippen molar-refractivity contribution in [3.8, 4) is 11.5 Å². The third-order valence-corrected chi connectivity index (χ3v) is 6.39. The maximum atomic E-state index is 5.58. The van der Waals surface area contributed by atoms with Crippen molar-refractivity contribution in [1.29, 1.82) is 0 Å². The molecule has 144 valence electrons. The predicted molar refractivity (Wildman–Crippen MR) is 102 cm³/mol. The smallest absolute Gasteiger partial charge is 0.122 e. The summed E-state index contributed by atoms with van der Waals surface area (Å²) >= 11 is 0. The molecule has 0 unspecified atom stereocenters. The van der Waals surface area contributed by atoms with Crippen LogP contribution < -0.4 is 9.47 Å². The number of piperidine rings is 1. The quantitative estimate of drug-likeness (QED) is 0.806. The molecule has 4 rings (SSSR count). The Morgan fingerprint density at radius 2 is 1.58 bits per heavy atom. The van der Waals surface area contributed by atoms with Crippen LogP contribution in [0.1, 0.15) is 24.8 Å². The summed E-state index contributed by atoms with van der Waals surface area (Å²) in [5.41, 5.74) is 1.28. The third-order valence-electron chi connectivity index (χ3n) is 6.39. The number of benzene rings is 1. The van der Waals surface area contributed by atoms with Gasteiger partial charge in [0, 0.05) is 44.8 Å². The molecule has 2 bridgehead atoms. The summed E-state index contributed by atoms with van der Waals surface area (Å²) < 4.78 is 16.5. The highest BCUT2D eigenvalue weighted by molar-refractivity contribution is 5.38. The average molecular weight is 360 g/mol. The lowest BCUT2D eigenvalue weighted by Crippen LogP contribution is -2.59. The van der Waals surface area contributed by atoms with Crippen molar-refractivity contribution in [2.45, 2.75) is 31.8 Å². The summed E-state index contributed by atoms with van der Waals surface area (Å²) in [5, 5.41) is 0. The monoisotopic (exact) mass is 360 g/mol. The van der Waals surface area contributed by atoms with Crippen LogP contribution in [0.5, 0.6) is 11.5 Å². The first-order valence-electron chi connectivity index (χ1n) is 10.0. The molecule has 5 heteroatoms. The van der Waals surface area contributed by atoms with E-state index in [1.165, 1.54) is 37.9 Å². The van der Waals surface area contributed by atoms with Gasteiger partial charge in [-0.05, 0) is 42.4 Å². The molecule has 2 atom stereocenters. The molecule has 0 radical (unpaired) electrons. The second-order valence-corrected chi connectivity index (χ2v) is 8.00. The summed E-state index contributed by atoms with van der Waals surface area (Å²) in [6.07, 6.45) is 4.14. The summed E-state index contributed by atoms with van der Waals surface area (Å²) in [6.45, 7) is 7.44. The van der Waals surface area contributed by atoms with E-state index in [0.29, 0.717) is 0 Å². The fourth-order valence-corrected chi connectivity index (χ4v) is 5.32. The molecule has 1 saturated carbocycles. The lowest BCUT2D eigenvalue weighted by molar-refractivity contribution is -0.0623. The molecule has 5 nitrogen and oxygen atoms in total. The van der Waals surface area contributed by atoms with Gasteiger partial charge in [0.25, 0.3) is 0 Å². The molecular weight excluding hydrogens is 328 g/mol. The number of methoxy groups -OCH3 is 2. The fourth-order valence-electron chi connectivity index (χ4n) is 5.32. The minimum absolute atomic E-state index is 0.767. The van der Waals surface area contributed by atoms with Gasteiger partial charge in [0.2, 0.25) is 0 Å². The first-order valence-corrected chi connectivity index (χ1v) is 10.0. The van der Waals surface area contributed by atoms with Gasteiger partial charge in [-0.25, -0.2) is 0 Å². The highest BCUT2D eigenvalue weighted by Crippen LogP contribution is 2.39. The first-order chi connectivity index (χ1) is 12.8. The van der Waals surface area contributed by atoms with E-state index in [0.717, 1.165) is 62.2 Å². The number of likely N-dealkylation sites (tertiary alicyclic amines) is 1. The standard InChI is InChI=1S/C21H32N2O3/c1-24-19-10-16(11-20(12-19)25-2)13-22-14-17-4-3-5-18(15-22)21(17)23-6-8-26-9-7-23/h10-12,17-18,21H,3-9,13-15H2,1-2H3/t17-,18-/m0/s1. The number of hydrogen-bond donors (Lipinski definition) is 0. The Kier molecular flexibility index (Phi) is 5.67. The summed E-state index contributed by atoms with van der Waals surface area (Å²) in [6, 6.07) is 7.01. The molecule has 0 aromatic heterocycles. The van der Waals surface area contributed by atoms with Gasteiger partial charge in [-0.15, -0.1) is 0 Å². The van der Waals surface area contributed by atoms with E-state index in [2.05, 4.69) is 21.9 Å². The Hall–Kier alpha value is -1.30. The number of rotatable bonds is 5. The topological polar surface area (TPSA) is 34.2 Å². The predicted octanol–water partition coefficient (Wildman–Crippen LogP) is 2.64. The van der Waals surface area contributed by atoms with E-state index in [-0.39, 0.29) is 0 Å². The van der Waals surface area contributed by atoms with Gasteiger partial charge >= 0.3 is 0 Å². The zero-order valence-electron chi connectivity index (χ0n) is 16.2. The Balaban J connectivity index is 1.45. The van der Waals surface area contributed by atoms with Crippen molar-refractivity contribution in [2.24, 2.45) is 11.8 Å². The number of fused-ring (bicyclic) bond motifs is 2. The van der Waals surface area contributed by atoms with E-state index in [1.807, 2.05) is 6.07 Å². The van der Waals surface area contributed by atoms with E-state index in [9.17, 15) is 0 Å². The van der Waals surface area contributed by atoms with E-state index < -0.39 is 0 Å². The number of ether oxygens (including phenoxy) is 3. The maximum absolute atomic E-state index is 5.58. The molecule has 1 aromatic rings. The molecule has 26 heavy (non-hydrogen) atoms. The zero-order chi connectivity index (χ0) is 17.9. The normalized spacial score (nSPS) is 30.2. The SMILES string of the molecule is COc1cc(CN2C[C@@H]3CCC[C@@H](C2)C3N2CCOCC2)cc(OC)c1. The zero-order valence-corrected chi connectivity index (χ0v) is 16.2. The maximum Gasteiger partial charge on any atom is 0.122 e. The van der Waals surface area contributed by atoms with Crippen molar-refractivity contribution in [2.75, 3.05) is 53.6 Å². The number of hydrogen-bond acceptors (Lipinski definition) is 5. The minimum Gasteiger partial charge on any atom is -0.497 e. The Morgan fingerprint density at radius 1 is 0.962 bits per heavy atom. The molecule has 2 aliphatic heterocycles. The second-order valence-electron chi connectivity index (χ2n) is 8.00. The number of morpholine rings is 1. The molecule has 2 saturated heterocycles. The van der Waals surface area contributed by atoms with Crippen molar-refractivity contribution >= 4 is 0 Å². The molecule has 2 heterocycles. The molecular formula is C21H32N2O3. The van der Waals surface area contributed by atoms with Crippen LogP contribution in [0.25, 0.3) is 0 Å². The lowest BCUT2D eigenvalue weighted by Gasteiger charge is -2.52. The van der Waals surface area contributed by atoms with Crippen LogP contribution in [0.4, 0.5) is 0 Å². The first kappa shape index (κ1) is 18.1. The third kappa shape index (κ3) is 3.85. The van der Waals surface area contributed by atoms with Crippen molar-refractivity contribution < 1.29 is 14.2 Å². The van der Waals surface area contributed by atoms with Crippen LogP contribution in [-0.2, 0) is 11.3 Å². The van der Waals surface area contributed by atoms with Gasteiger partial charge < -0.3 is 14.2 Å². The Labute approximate surface area is 157 Å². The largest absolute Gasteiger partial charge is 0.497 e. The Bertz CT molecular complexity index is 567. The Morgan fingerprint density at radius 3 is 2.15 bits per heavy atom. The minimum atomic E-state index is 0.767. The van der Waals surface area contributed by atoms with Crippen LogP contribution >= 0.6 is 0 Å². The van der Waals surface area contributed by atoms with Gasteiger partial charge in [-0.2, -0.15) is 0 Å². The van der Waals surface area contributed by atoms with E-state index in [4.69, 9.17) is 14.2 Å². The number of nitrogens with zero attached hydrogens (tertiary/aromatic N) is 2. The van der Waals surface area contributed by atoms with Crippen LogP contribution in [-0.4, -0.2) is 69.5 Å². The van der Waals surface area contributed by atoms with Crippen molar-refractivity contribution in [1.82, 2.24) is 9.80 Å². The molecule has 3 fully saturated rings. The average Bonchev–Trinajstić information content (AvgIpc) is 2.67. The summed E-state index contributed by atoms with van der Waals surface area (Å²) in [5.74, 6) is 3.35. The fraction of sp³-hybridized carbons (Fsp3) is 0.714. The van der Waals surface area contributed by atoms with E-state index >= 15 is 0 Å². The van der Waals surface area contributed by atoms with Gasteiger partial charge in [0.1, 0.15) is 11.5 Å². The van der Waals surface area contributed by atoms with Crippen LogP contribution in [0, 0.1) is 11.8 Å². The molecule has 1 aromatic carbocycles. The van der Waals surface area contributed by atoms with Crippen LogP contribution in [0.15, 0.2) is 18.2 Å². The molecule has 0 N–H and O–H groups in total.